The molecule has 12 heteroatoms. The van der Waals surface area contributed by atoms with Crippen molar-refractivity contribution in [2.24, 2.45) is 0 Å². The van der Waals surface area contributed by atoms with E-state index in [4.69, 9.17) is 11.6 Å². The molecule has 3 aromatic rings. The molecule has 2 aliphatic rings. The van der Waals surface area contributed by atoms with E-state index in [2.05, 4.69) is 24.5 Å². The Balaban J connectivity index is 1.40. The van der Waals surface area contributed by atoms with E-state index in [-0.39, 0.29) is 17.4 Å². The van der Waals surface area contributed by atoms with Gasteiger partial charge in [-0.3, -0.25) is 4.79 Å². The molecular weight excluding hydrogens is 556 g/mol. The summed E-state index contributed by atoms with van der Waals surface area (Å²) in [5, 5.41) is 3.79. The summed E-state index contributed by atoms with van der Waals surface area (Å²) in [6, 6.07) is 11.2. The monoisotopic (exact) mass is 581 g/mol. The van der Waals surface area contributed by atoms with Crippen LogP contribution in [0.3, 0.4) is 0 Å². The maximum Gasteiger partial charge on any atom is 0.586 e. The van der Waals surface area contributed by atoms with Crippen LogP contribution in [0.25, 0.3) is 0 Å². The number of carbonyl (C=O) groups excluding carboxylic acids is 1. The molecule has 0 spiro atoms. The number of benzene rings is 2. The molecule has 0 bridgehead atoms. The first-order chi connectivity index (χ1) is 17.8. The zero-order valence-electron chi connectivity index (χ0n) is 21.1. The number of amides is 1. The van der Waals surface area contributed by atoms with E-state index >= 15 is 0 Å². The molecule has 1 aromatic heterocycles. The van der Waals surface area contributed by atoms with Gasteiger partial charge in [-0.25, -0.2) is 4.98 Å². The maximum absolute atomic E-state index is 13.5. The number of carbonyl (C=O) groups is 1. The Kier molecular flexibility index (Phi) is 6.88. The second kappa shape index (κ2) is 9.63. The number of thiazole rings is 1. The van der Waals surface area contributed by atoms with Crippen LogP contribution < -0.4 is 19.5 Å². The molecule has 38 heavy (non-hydrogen) atoms. The van der Waals surface area contributed by atoms with Gasteiger partial charge in [0.2, 0.25) is 5.91 Å². The van der Waals surface area contributed by atoms with E-state index in [0.717, 1.165) is 10.4 Å². The minimum Gasteiger partial charge on any atom is -0.598 e. The number of halogens is 3. The van der Waals surface area contributed by atoms with Crippen LogP contribution in [0, 0.1) is 6.92 Å². The molecule has 2 aromatic carbocycles. The molecule has 1 amide bonds. The van der Waals surface area contributed by atoms with E-state index < -0.39 is 33.9 Å². The topological polar surface area (TPSA) is 95.5 Å². The quantitative estimate of drug-likeness (QED) is 0.321. The number of nitrogens with one attached hydrogen (secondary N) is 2. The first kappa shape index (κ1) is 27.1. The zero-order valence-corrected chi connectivity index (χ0v) is 23.5. The van der Waals surface area contributed by atoms with Crippen molar-refractivity contribution >= 4 is 45.3 Å². The van der Waals surface area contributed by atoms with Crippen molar-refractivity contribution in [3.8, 4) is 11.5 Å². The molecule has 1 saturated carbocycles. The minimum atomic E-state index is -3.72. The third-order valence-corrected chi connectivity index (χ3v) is 9.50. The number of aromatic nitrogens is 1. The van der Waals surface area contributed by atoms with Crippen molar-refractivity contribution in [2.45, 2.75) is 63.0 Å². The molecule has 1 fully saturated rings. The van der Waals surface area contributed by atoms with Crippen LogP contribution >= 0.6 is 22.9 Å². The van der Waals surface area contributed by atoms with E-state index in [1.807, 2.05) is 45.9 Å². The van der Waals surface area contributed by atoms with E-state index in [1.165, 1.54) is 23.5 Å². The standard InChI is InChI=1S/C26H26ClF2N3O4S2/c1-14-21(20(32-38(34)24(2,3)4)16-7-5-6-8-17(16)27)37-23(30-14)31-22(33)25(11-12-25)15-9-10-18-19(13-15)36-26(28,29)35-18/h5-10,13,20,32H,11-12H2,1-4H3,(H,30,31,33)/t20-,38?/m0/s1. The summed E-state index contributed by atoms with van der Waals surface area (Å²) in [6.45, 7) is 7.43. The summed E-state index contributed by atoms with van der Waals surface area (Å²) in [4.78, 5) is 18.7. The second-order valence-corrected chi connectivity index (χ2v) is 13.7. The summed E-state index contributed by atoms with van der Waals surface area (Å²) in [5.41, 5.74) is 1.10. The number of fused-ring (bicyclic) bond motifs is 1. The van der Waals surface area contributed by atoms with E-state index in [0.29, 0.717) is 34.3 Å². The predicted octanol–water partition coefficient (Wildman–Crippen LogP) is 6.24. The molecule has 2 N–H and O–H groups in total. The molecule has 0 saturated heterocycles. The van der Waals surface area contributed by atoms with Crippen molar-refractivity contribution in [1.82, 2.24) is 9.71 Å². The van der Waals surface area contributed by atoms with Gasteiger partial charge >= 0.3 is 6.29 Å². The molecule has 1 unspecified atom stereocenters. The predicted molar refractivity (Wildman–Crippen MR) is 143 cm³/mol. The van der Waals surface area contributed by atoms with Gasteiger partial charge in [0.05, 0.1) is 16.0 Å². The Morgan fingerprint density at radius 3 is 2.53 bits per heavy atom. The van der Waals surface area contributed by atoms with Gasteiger partial charge < -0.3 is 19.3 Å². The highest BCUT2D eigenvalue weighted by atomic mass is 35.5. The zero-order chi connectivity index (χ0) is 27.5. The number of alkyl halides is 2. The lowest BCUT2D eigenvalue weighted by Crippen LogP contribution is -2.41. The Labute approximate surface area is 231 Å². The molecule has 2 atom stereocenters. The third-order valence-electron chi connectivity index (χ3n) is 6.45. The maximum atomic E-state index is 13.5. The summed E-state index contributed by atoms with van der Waals surface area (Å²) in [7, 11) is 0. The highest BCUT2D eigenvalue weighted by Gasteiger charge is 2.53. The largest absolute Gasteiger partial charge is 0.598 e. The van der Waals surface area contributed by atoms with Gasteiger partial charge in [0.15, 0.2) is 16.6 Å². The Hall–Kier alpha value is -2.44. The van der Waals surface area contributed by atoms with E-state index in [9.17, 15) is 18.1 Å². The Morgan fingerprint density at radius 1 is 1.18 bits per heavy atom. The SMILES string of the molecule is Cc1nc(NC(=O)C2(c3ccc4c(c3)OC(F)(F)O4)CC2)sc1[C@@H](N[S+]([O-])C(C)(C)C)c1ccccc1Cl. The average molecular weight is 582 g/mol. The third kappa shape index (κ3) is 5.22. The van der Waals surface area contributed by atoms with Crippen molar-refractivity contribution in [2.75, 3.05) is 5.32 Å². The fourth-order valence-electron chi connectivity index (χ4n) is 4.22. The lowest BCUT2D eigenvalue weighted by Gasteiger charge is -2.28. The van der Waals surface area contributed by atoms with Crippen LogP contribution in [-0.4, -0.2) is 26.5 Å². The van der Waals surface area contributed by atoms with Gasteiger partial charge in [0.1, 0.15) is 10.8 Å². The second-order valence-electron chi connectivity index (χ2n) is 10.3. The lowest BCUT2D eigenvalue weighted by molar-refractivity contribution is -0.286. The number of ether oxygens (including phenoxy) is 2. The smallest absolute Gasteiger partial charge is 0.586 e. The number of rotatable bonds is 7. The lowest BCUT2D eigenvalue weighted by atomic mass is 9.94. The molecular formula is C26H26ClF2N3O4S2. The van der Waals surface area contributed by atoms with Crippen molar-refractivity contribution in [3.63, 3.8) is 0 Å². The van der Waals surface area contributed by atoms with Gasteiger partial charge in [-0.15, -0.1) is 13.5 Å². The summed E-state index contributed by atoms with van der Waals surface area (Å²) in [5.74, 6) is -0.454. The van der Waals surface area contributed by atoms with Gasteiger partial charge in [0.25, 0.3) is 0 Å². The van der Waals surface area contributed by atoms with Crippen LogP contribution in [-0.2, 0) is 21.6 Å². The normalized spacial score (nSPS) is 18.6. The summed E-state index contributed by atoms with van der Waals surface area (Å²) >= 11 is 6.37. The van der Waals surface area contributed by atoms with Crippen molar-refractivity contribution in [1.29, 1.82) is 0 Å². The average Bonchev–Trinajstić information content (AvgIpc) is 3.47. The van der Waals surface area contributed by atoms with Gasteiger partial charge in [-0.2, -0.15) is 0 Å². The molecule has 1 aliphatic carbocycles. The summed E-state index contributed by atoms with van der Waals surface area (Å²) in [6.07, 6.45) is -2.61. The summed E-state index contributed by atoms with van der Waals surface area (Å²) < 4.78 is 51.7. The molecule has 7 nitrogen and oxygen atoms in total. The van der Waals surface area contributed by atoms with Crippen molar-refractivity contribution < 1.29 is 27.6 Å². The van der Waals surface area contributed by atoms with Crippen LogP contribution in [0.15, 0.2) is 42.5 Å². The van der Waals surface area contributed by atoms with Crippen molar-refractivity contribution in [3.05, 3.63) is 69.2 Å². The number of anilines is 1. The fraction of sp³-hybridized carbons (Fsp3) is 0.385. The highest BCUT2D eigenvalue weighted by molar-refractivity contribution is 7.90. The molecule has 2 heterocycles. The Bertz CT molecular complexity index is 1390. The highest BCUT2D eigenvalue weighted by Crippen LogP contribution is 2.52. The minimum absolute atomic E-state index is 0.0686. The molecule has 5 rings (SSSR count). The van der Waals surface area contributed by atoms with E-state index in [1.54, 1.807) is 12.1 Å². The number of aryl methyl sites for hydroxylation is 1. The van der Waals surface area contributed by atoms with Crippen LogP contribution in [0.5, 0.6) is 11.5 Å². The fourth-order valence-corrected chi connectivity index (χ4v) is 6.38. The van der Waals surface area contributed by atoms with Gasteiger partial charge in [0, 0.05) is 16.4 Å². The first-order valence-corrected chi connectivity index (χ1v) is 14.3. The first-order valence-electron chi connectivity index (χ1n) is 11.9. The molecule has 0 radical (unpaired) electrons. The van der Waals surface area contributed by atoms with Gasteiger partial charge in [-0.05, 0) is 69.9 Å². The number of nitrogens with zero attached hydrogens (tertiary/aromatic N) is 1. The van der Waals surface area contributed by atoms with Crippen LogP contribution in [0.4, 0.5) is 13.9 Å². The number of hydrogen-bond donors (Lipinski definition) is 2. The number of hydrogen-bond acceptors (Lipinski definition) is 7. The van der Waals surface area contributed by atoms with Gasteiger partial charge in [-0.1, -0.05) is 47.2 Å². The Morgan fingerprint density at radius 2 is 1.87 bits per heavy atom. The molecule has 202 valence electrons. The van der Waals surface area contributed by atoms with Crippen LogP contribution in [0.2, 0.25) is 5.02 Å². The van der Waals surface area contributed by atoms with Crippen LogP contribution in [0.1, 0.15) is 61.4 Å². The molecule has 1 aliphatic heterocycles.